The van der Waals surface area contributed by atoms with E-state index < -0.39 is 0 Å². The van der Waals surface area contributed by atoms with E-state index in [0.29, 0.717) is 12.1 Å². The third-order valence-corrected chi connectivity index (χ3v) is 3.27. The van der Waals surface area contributed by atoms with Crippen molar-refractivity contribution >= 4 is 0 Å². The Balaban J connectivity index is 3.94. The van der Waals surface area contributed by atoms with Gasteiger partial charge in [-0.3, -0.25) is 0 Å². The second kappa shape index (κ2) is 9.94. The molecule has 17 heavy (non-hydrogen) atoms. The van der Waals surface area contributed by atoms with E-state index in [2.05, 4.69) is 46.9 Å². The predicted molar refractivity (Wildman–Crippen MR) is 79.4 cm³/mol. The standard InChI is InChI=1S/C16H35N/c1-7-8-9-10-15(6)17-16(11-13(2)3)12-14(4)5/h13-17H,7-12H2,1-6H3. The molecule has 1 unspecified atom stereocenters. The minimum absolute atomic E-state index is 0.684. The fraction of sp³-hybridized carbons (Fsp3) is 1.00. The van der Waals surface area contributed by atoms with E-state index in [-0.39, 0.29) is 0 Å². The average molecular weight is 241 g/mol. The van der Waals surface area contributed by atoms with Crippen LogP contribution >= 0.6 is 0 Å². The SMILES string of the molecule is CCCCCC(C)NC(CC(C)C)CC(C)C. The highest BCUT2D eigenvalue weighted by molar-refractivity contribution is 4.74. The van der Waals surface area contributed by atoms with Gasteiger partial charge < -0.3 is 5.32 Å². The molecule has 0 saturated heterocycles. The Labute approximate surface area is 110 Å². The van der Waals surface area contributed by atoms with Gasteiger partial charge in [0.2, 0.25) is 0 Å². The molecule has 0 radical (unpaired) electrons. The van der Waals surface area contributed by atoms with E-state index in [4.69, 9.17) is 0 Å². The van der Waals surface area contributed by atoms with E-state index in [1.807, 2.05) is 0 Å². The third-order valence-electron chi connectivity index (χ3n) is 3.27. The Morgan fingerprint density at radius 1 is 0.824 bits per heavy atom. The lowest BCUT2D eigenvalue weighted by molar-refractivity contribution is 0.323. The van der Waals surface area contributed by atoms with Gasteiger partial charge in [-0.2, -0.15) is 0 Å². The molecule has 0 amide bonds. The van der Waals surface area contributed by atoms with Gasteiger partial charge in [0.25, 0.3) is 0 Å². The van der Waals surface area contributed by atoms with E-state index >= 15 is 0 Å². The second-order valence-corrected chi connectivity index (χ2v) is 6.52. The normalized spacial score (nSPS) is 13.9. The Morgan fingerprint density at radius 3 is 1.76 bits per heavy atom. The van der Waals surface area contributed by atoms with Gasteiger partial charge >= 0.3 is 0 Å². The lowest BCUT2D eigenvalue weighted by atomic mass is 9.94. The van der Waals surface area contributed by atoms with Crippen molar-refractivity contribution in [2.75, 3.05) is 0 Å². The summed E-state index contributed by atoms with van der Waals surface area (Å²) in [6.07, 6.45) is 8.05. The maximum absolute atomic E-state index is 3.84. The van der Waals surface area contributed by atoms with Crippen molar-refractivity contribution in [3.05, 3.63) is 0 Å². The molecule has 0 aromatic carbocycles. The summed E-state index contributed by atoms with van der Waals surface area (Å²) in [6.45, 7) is 13.9. The molecule has 0 fully saturated rings. The summed E-state index contributed by atoms with van der Waals surface area (Å²) < 4.78 is 0. The molecule has 0 aliphatic heterocycles. The lowest BCUT2D eigenvalue weighted by Gasteiger charge is -2.26. The Kier molecular flexibility index (Phi) is 9.91. The monoisotopic (exact) mass is 241 g/mol. The molecule has 0 rings (SSSR count). The molecule has 0 spiro atoms. The fourth-order valence-electron chi connectivity index (χ4n) is 2.56. The first-order valence-corrected chi connectivity index (χ1v) is 7.71. The van der Waals surface area contributed by atoms with Crippen molar-refractivity contribution in [1.29, 1.82) is 0 Å². The number of hydrogen-bond acceptors (Lipinski definition) is 1. The minimum Gasteiger partial charge on any atom is -0.311 e. The highest BCUT2D eigenvalue weighted by Gasteiger charge is 2.14. The molecule has 0 saturated carbocycles. The molecule has 0 heterocycles. The average Bonchev–Trinajstić information content (AvgIpc) is 2.15. The first kappa shape index (κ1) is 17.0. The number of rotatable bonds is 10. The second-order valence-electron chi connectivity index (χ2n) is 6.52. The van der Waals surface area contributed by atoms with Gasteiger partial charge in [0.1, 0.15) is 0 Å². The summed E-state index contributed by atoms with van der Waals surface area (Å²) >= 11 is 0. The maximum atomic E-state index is 3.84. The van der Waals surface area contributed by atoms with Crippen LogP contribution < -0.4 is 5.32 Å². The van der Waals surface area contributed by atoms with Crippen molar-refractivity contribution in [1.82, 2.24) is 5.32 Å². The zero-order valence-electron chi connectivity index (χ0n) is 13.1. The predicted octanol–water partition coefficient (Wildman–Crippen LogP) is 5.01. The van der Waals surface area contributed by atoms with Crippen LogP contribution in [0, 0.1) is 11.8 Å². The van der Waals surface area contributed by atoms with Gasteiger partial charge in [0, 0.05) is 12.1 Å². The van der Waals surface area contributed by atoms with Crippen LogP contribution in [0.5, 0.6) is 0 Å². The zero-order valence-corrected chi connectivity index (χ0v) is 13.1. The molecular formula is C16H35N. The lowest BCUT2D eigenvalue weighted by Crippen LogP contribution is -2.38. The van der Waals surface area contributed by atoms with Crippen LogP contribution in [0.1, 0.15) is 80.1 Å². The largest absolute Gasteiger partial charge is 0.311 e. The molecule has 104 valence electrons. The number of hydrogen-bond donors (Lipinski definition) is 1. The number of unbranched alkanes of at least 4 members (excludes halogenated alkanes) is 2. The van der Waals surface area contributed by atoms with E-state index in [1.54, 1.807) is 0 Å². The van der Waals surface area contributed by atoms with Crippen molar-refractivity contribution in [3.8, 4) is 0 Å². The van der Waals surface area contributed by atoms with Gasteiger partial charge in [-0.1, -0.05) is 53.9 Å². The molecule has 1 nitrogen and oxygen atoms in total. The summed E-state index contributed by atoms with van der Waals surface area (Å²) in [5.74, 6) is 1.60. The summed E-state index contributed by atoms with van der Waals surface area (Å²) in [6, 6.07) is 1.40. The van der Waals surface area contributed by atoms with E-state index in [1.165, 1.54) is 38.5 Å². The first-order valence-electron chi connectivity index (χ1n) is 7.71. The summed E-state index contributed by atoms with van der Waals surface area (Å²) in [5.41, 5.74) is 0. The highest BCUT2D eigenvalue weighted by atomic mass is 14.9. The van der Waals surface area contributed by atoms with E-state index in [0.717, 1.165) is 11.8 Å². The van der Waals surface area contributed by atoms with Crippen molar-refractivity contribution in [2.24, 2.45) is 11.8 Å². The van der Waals surface area contributed by atoms with Crippen LogP contribution in [0.15, 0.2) is 0 Å². The van der Waals surface area contributed by atoms with Gasteiger partial charge in [-0.25, -0.2) is 0 Å². The van der Waals surface area contributed by atoms with Crippen molar-refractivity contribution in [3.63, 3.8) is 0 Å². The van der Waals surface area contributed by atoms with Gasteiger partial charge in [0.05, 0.1) is 0 Å². The molecular weight excluding hydrogens is 206 g/mol. The molecule has 1 N–H and O–H groups in total. The van der Waals surface area contributed by atoms with Gasteiger partial charge in [-0.15, -0.1) is 0 Å². The Morgan fingerprint density at radius 2 is 1.35 bits per heavy atom. The molecule has 0 aromatic heterocycles. The third kappa shape index (κ3) is 10.8. The quantitative estimate of drug-likeness (QED) is 0.530. The smallest absolute Gasteiger partial charge is 0.00744 e. The molecule has 1 heteroatoms. The topological polar surface area (TPSA) is 12.0 Å². The summed E-state index contributed by atoms with van der Waals surface area (Å²) in [7, 11) is 0. The van der Waals surface area contributed by atoms with Crippen LogP contribution in [-0.2, 0) is 0 Å². The van der Waals surface area contributed by atoms with Crippen LogP contribution in [0.25, 0.3) is 0 Å². The van der Waals surface area contributed by atoms with Crippen LogP contribution in [0.4, 0.5) is 0 Å². The minimum atomic E-state index is 0.684. The van der Waals surface area contributed by atoms with Gasteiger partial charge in [-0.05, 0) is 38.0 Å². The fourth-order valence-corrected chi connectivity index (χ4v) is 2.56. The molecule has 0 aliphatic carbocycles. The number of nitrogens with one attached hydrogen (secondary N) is 1. The molecule has 0 aromatic rings. The van der Waals surface area contributed by atoms with Crippen LogP contribution in [0.2, 0.25) is 0 Å². The van der Waals surface area contributed by atoms with E-state index in [9.17, 15) is 0 Å². The Bertz CT molecular complexity index is 153. The summed E-state index contributed by atoms with van der Waals surface area (Å²) in [4.78, 5) is 0. The first-order chi connectivity index (χ1) is 7.95. The van der Waals surface area contributed by atoms with Crippen molar-refractivity contribution < 1.29 is 0 Å². The molecule has 1 atom stereocenters. The molecule has 0 aliphatic rings. The van der Waals surface area contributed by atoms with Crippen LogP contribution in [0.3, 0.4) is 0 Å². The van der Waals surface area contributed by atoms with Gasteiger partial charge in [0.15, 0.2) is 0 Å². The Hall–Kier alpha value is -0.0400. The molecule has 0 bridgehead atoms. The highest BCUT2D eigenvalue weighted by Crippen LogP contribution is 2.15. The van der Waals surface area contributed by atoms with Crippen LogP contribution in [-0.4, -0.2) is 12.1 Å². The summed E-state index contributed by atoms with van der Waals surface area (Å²) in [5, 5.41) is 3.84. The maximum Gasteiger partial charge on any atom is 0.00744 e. The van der Waals surface area contributed by atoms with Crippen molar-refractivity contribution in [2.45, 2.75) is 92.2 Å². The zero-order chi connectivity index (χ0) is 13.3.